The molecule has 0 aliphatic heterocycles. The minimum absolute atomic E-state index is 0.00723. The molecule has 0 radical (unpaired) electrons. The fraction of sp³-hybridized carbons (Fsp3) is 0.621. The van der Waals surface area contributed by atoms with Gasteiger partial charge < -0.3 is 83.6 Å². The van der Waals surface area contributed by atoms with Gasteiger partial charge in [0.1, 0.15) is 23.4 Å². The zero-order valence-electron chi connectivity index (χ0n) is 57.8. The topological polar surface area (TPSA) is 410 Å². The monoisotopic (exact) mass is 1530 g/mol. The lowest BCUT2D eigenvalue weighted by Gasteiger charge is -2.19. The second kappa shape index (κ2) is 62.6. The van der Waals surface area contributed by atoms with Crippen LogP contribution in [-0.4, -0.2) is 207 Å². The number of halogens is 7. The number of aliphatic carboxylic acids is 2. The second-order valence-corrected chi connectivity index (χ2v) is 28.9. The summed E-state index contributed by atoms with van der Waals surface area (Å²) in [5.41, 5.74) is 17.1. The highest BCUT2D eigenvalue weighted by molar-refractivity contribution is 8.77. The lowest BCUT2D eigenvalue weighted by Crippen LogP contribution is -2.33. The van der Waals surface area contributed by atoms with Gasteiger partial charge >= 0.3 is 47.9 Å². The van der Waals surface area contributed by atoms with Crippen molar-refractivity contribution in [2.45, 2.75) is 125 Å². The SMILES string of the molecule is CC(=O)NCCSSCCNC(=O)OC(C)(C)C.CC(=O)NCCSSCCNC(=O)OC(C)(C)C.CC(=O)O.CC(=O)O.CC(C)(C)OC(=O)NCCSSCCN.CN.CN.CNC(=O)C(F)(F)F.CNC(=O)C(F)(F)F.O=C(Cl)OCC1c2ccccc2-c2ccccc21. The molecule has 0 saturated heterocycles. The Morgan fingerprint density at radius 1 is 0.464 bits per heavy atom. The minimum atomic E-state index is -4.74. The third-order valence-electron chi connectivity index (χ3n) is 8.43. The van der Waals surface area contributed by atoms with Gasteiger partial charge in [-0.25, -0.2) is 19.2 Å². The number of hydrogen-bond donors (Lipinski definition) is 12. The van der Waals surface area contributed by atoms with Gasteiger partial charge in [-0.1, -0.05) is 113 Å². The first kappa shape index (κ1) is 105. The molecule has 0 spiro atoms. The first-order valence-electron chi connectivity index (χ1n) is 28.7. The molecule has 564 valence electrons. The number of amides is 7. The average molecular weight is 1540 g/mol. The van der Waals surface area contributed by atoms with Gasteiger partial charge in [0.15, 0.2) is 0 Å². The fourth-order valence-corrected chi connectivity index (χ4v) is 10.8. The van der Waals surface area contributed by atoms with Crippen molar-refractivity contribution in [1.29, 1.82) is 0 Å². The molecule has 0 heterocycles. The maximum Gasteiger partial charge on any atom is 0.471 e. The van der Waals surface area contributed by atoms with Crippen LogP contribution in [0.4, 0.5) is 45.5 Å². The number of carbonyl (C=O) groups excluding carboxylic acids is 8. The Balaban J connectivity index is -0.000000197. The van der Waals surface area contributed by atoms with Gasteiger partial charge in [-0.3, -0.25) is 28.8 Å². The van der Waals surface area contributed by atoms with Gasteiger partial charge in [-0.15, -0.1) is 0 Å². The summed E-state index contributed by atoms with van der Waals surface area (Å²) < 4.78 is 86.5. The number of benzene rings is 2. The van der Waals surface area contributed by atoms with Crippen LogP contribution in [0.15, 0.2) is 48.5 Å². The lowest BCUT2D eigenvalue weighted by molar-refractivity contribution is -0.173. The summed E-state index contributed by atoms with van der Waals surface area (Å²) in [6, 6.07) is 16.4. The summed E-state index contributed by atoms with van der Waals surface area (Å²) in [5.74, 6) is -0.294. The van der Waals surface area contributed by atoms with Crippen LogP contribution in [0.3, 0.4) is 0 Å². The van der Waals surface area contributed by atoms with Crippen LogP contribution >= 0.6 is 76.4 Å². The number of ether oxygens (including phenoxy) is 4. The molecule has 0 fully saturated rings. The van der Waals surface area contributed by atoms with Crippen LogP contribution in [-0.2, 0) is 47.7 Å². The highest BCUT2D eigenvalue weighted by atomic mass is 35.5. The fourth-order valence-electron chi connectivity index (χ4n) is 5.34. The van der Waals surface area contributed by atoms with E-state index in [-0.39, 0.29) is 42.6 Å². The summed E-state index contributed by atoms with van der Waals surface area (Å²) in [5, 5.41) is 31.2. The van der Waals surface area contributed by atoms with Gasteiger partial charge in [0.2, 0.25) is 11.8 Å². The van der Waals surface area contributed by atoms with Crippen LogP contribution < -0.4 is 54.4 Å². The van der Waals surface area contributed by atoms with E-state index >= 15 is 0 Å². The number of carboxylic acids is 2. The van der Waals surface area contributed by atoms with E-state index in [4.69, 9.17) is 56.1 Å². The molecule has 0 aromatic heterocycles. The van der Waals surface area contributed by atoms with E-state index in [1.54, 1.807) is 64.8 Å². The van der Waals surface area contributed by atoms with E-state index in [1.807, 2.05) is 86.6 Å². The van der Waals surface area contributed by atoms with Crippen LogP contribution in [0.2, 0.25) is 0 Å². The van der Waals surface area contributed by atoms with Crippen molar-refractivity contribution in [2.75, 3.05) is 109 Å². The molecule has 1 aliphatic carbocycles. The third-order valence-corrected chi connectivity index (χ3v) is 15.8. The molecule has 39 heteroatoms. The van der Waals surface area contributed by atoms with Crippen molar-refractivity contribution in [1.82, 2.24) is 37.2 Å². The molecule has 26 nitrogen and oxygen atoms in total. The molecule has 97 heavy (non-hydrogen) atoms. The van der Waals surface area contributed by atoms with Crippen LogP contribution in [0.25, 0.3) is 11.1 Å². The van der Waals surface area contributed by atoms with Crippen molar-refractivity contribution in [3.8, 4) is 11.1 Å². The van der Waals surface area contributed by atoms with E-state index in [0.29, 0.717) is 39.3 Å². The van der Waals surface area contributed by atoms with Gasteiger partial charge in [0.05, 0.1) is 0 Å². The van der Waals surface area contributed by atoms with Crippen LogP contribution in [0.5, 0.6) is 0 Å². The van der Waals surface area contributed by atoms with Crippen LogP contribution in [0.1, 0.15) is 107 Å². The summed E-state index contributed by atoms with van der Waals surface area (Å²) in [7, 11) is 14.9. The Labute approximate surface area is 594 Å². The van der Waals surface area contributed by atoms with Crippen molar-refractivity contribution < 1.29 is 103 Å². The summed E-state index contributed by atoms with van der Waals surface area (Å²) in [6.45, 7) is 25.8. The van der Waals surface area contributed by atoms with E-state index in [0.717, 1.165) is 62.5 Å². The van der Waals surface area contributed by atoms with E-state index in [9.17, 15) is 64.7 Å². The largest absolute Gasteiger partial charge is 0.481 e. The summed E-state index contributed by atoms with van der Waals surface area (Å²) in [6.07, 6.45) is -10.6. The number of fused-ring (bicyclic) bond motifs is 3. The van der Waals surface area contributed by atoms with Gasteiger partial charge in [-0.2, -0.15) is 26.3 Å². The predicted molar refractivity (Wildman–Crippen MR) is 382 cm³/mol. The molecule has 0 unspecified atom stereocenters. The van der Waals surface area contributed by atoms with Gasteiger partial charge in [0.25, 0.3) is 11.9 Å². The molecule has 1 aliphatic rings. The number of alkyl halides is 6. The molecule has 0 saturated carbocycles. The van der Waals surface area contributed by atoms with Crippen LogP contribution in [0, 0.1) is 0 Å². The normalized spacial score (nSPS) is 10.6. The van der Waals surface area contributed by atoms with E-state index in [2.05, 4.69) is 62.3 Å². The quantitative estimate of drug-likeness (QED) is 0.0171. The average Bonchev–Trinajstić information content (AvgIpc) is 1.62. The van der Waals surface area contributed by atoms with Crippen molar-refractivity contribution in [3.05, 3.63) is 59.7 Å². The molecule has 2 aromatic carbocycles. The Hall–Kier alpha value is -5.61. The zero-order valence-corrected chi connectivity index (χ0v) is 63.5. The molecule has 0 atom stereocenters. The summed E-state index contributed by atoms with van der Waals surface area (Å²) in [4.78, 5) is 103. The van der Waals surface area contributed by atoms with Gasteiger partial charge in [-0.05, 0) is 98.7 Å². The maximum atomic E-state index is 11.3. The van der Waals surface area contributed by atoms with Crippen molar-refractivity contribution in [3.63, 3.8) is 0 Å². The standard InChI is InChI=1S/C15H11ClO2.2C11H22N2O3S2.C9H20N2O2S2.2C3H4F3NO.2C2H4O2.2CH5N/c16-15(17)18-9-14-12-7-3-1-5-10(12)11-6-2-4-8-13(11)14;2*1-9(14)12-5-7-17-18-8-6-13-10(15)16-11(2,3)4;1-9(2,3)13-8(12)11-5-7-15-14-6-4-10;2*1-7-2(8)3(4,5)6;2*1-2(3)4;2*1-2/h1-8,14H,9H2;2*5-8H2,1-4H3,(H,12,14)(H,13,15);4-7,10H2,1-3H3,(H,11,12);2*1H3,(H,7,8);2*1H3,(H,3,4);2*2H2,1H3. The molecular weight excluding hydrogens is 1430 g/mol. The maximum absolute atomic E-state index is 11.3. The molecular formula is C58H101ClF6N10O16S6. The number of nitrogens with one attached hydrogen (secondary N) is 7. The highest BCUT2D eigenvalue weighted by Crippen LogP contribution is 2.44. The smallest absolute Gasteiger partial charge is 0.471 e. The molecule has 7 amide bonds. The van der Waals surface area contributed by atoms with Crippen molar-refractivity contribution in [2.24, 2.45) is 17.2 Å². The molecule has 3 rings (SSSR count). The Morgan fingerprint density at radius 2 is 0.701 bits per heavy atom. The number of nitrogens with two attached hydrogens (primary N) is 3. The Morgan fingerprint density at radius 3 is 0.897 bits per heavy atom. The molecule has 0 bridgehead atoms. The zero-order chi connectivity index (χ0) is 77.0. The second-order valence-electron chi connectivity index (χ2n) is 20.4. The molecule has 2 aromatic rings. The number of carbonyl (C=O) groups is 10. The number of rotatable bonds is 22. The Kier molecular flexibility index (Phi) is 67.7. The molecule has 15 N–H and O–H groups in total. The number of carboxylic acid groups (broad SMARTS) is 2. The Bertz CT molecular complexity index is 2360. The van der Waals surface area contributed by atoms with Crippen molar-refractivity contribution >= 4 is 136 Å². The first-order chi connectivity index (χ1) is 44.8. The van der Waals surface area contributed by atoms with Gasteiger partial charge in [0, 0.05) is 133 Å². The lowest BCUT2D eigenvalue weighted by atomic mass is 9.98. The summed E-state index contributed by atoms with van der Waals surface area (Å²) >= 11 is 5.25. The third kappa shape index (κ3) is 79.3. The number of alkyl carbamates (subject to hydrolysis) is 3. The predicted octanol–water partition coefficient (Wildman–Crippen LogP) is 10.0. The minimum Gasteiger partial charge on any atom is -0.481 e. The number of hydrogen-bond acceptors (Lipinski definition) is 23. The van der Waals surface area contributed by atoms with E-state index < -0.39 is 58.3 Å². The van der Waals surface area contributed by atoms with E-state index in [1.165, 1.54) is 60.8 Å². The first-order valence-corrected chi connectivity index (χ1v) is 36.6. The highest BCUT2D eigenvalue weighted by Gasteiger charge is 2.38.